The molecule has 0 saturated carbocycles. The standard InChI is InChI=1S/C51H96O12S/c1-3-5-7-9-11-13-15-17-19-21-23-24-26-28-30-32-34-36-38-40-47(53)61-45(44-60-51-49(55)50(63-64(56,57)58)48(54)46(42-52)62-51)43-59-41-39-37-35-33-31-29-27-25-22-20-18-16-14-12-10-8-6-4-2/h12,14,18,20,45-46,48-52,54-55H,3-11,13,15-17,19,21-44H2,1-2H3,(H,56,57,58)/b14-12-,20-18-. The van der Waals surface area contributed by atoms with Gasteiger partial charge in [0.25, 0.3) is 0 Å². The molecule has 1 aliphatic rings. The van der Waals surface area contributed by atoms with Crippen LogP contribution in [0.5, 0.6) is 0 Å². The van der Waals surface area contributed by atoms with Crippen LogP contribution in [0.1, 0.15) is 232 Å². The monoisotopic (exact) mass is 933 g/mol. The molecule has 1 rings (SSSR count). The lowest BCUT2D eigenvalue weighted by Crippen LogP contribution is -2.60. The maximum absolute atomic E-state index is 12.9. The quantitative estimate of drug-likeness (QED) is 0.0197. The summed E-state index contributed by atoms with van der Waals surface area (Å²) in [5.74, 6) is -0.396. The van der Waals surface area contributed by atoms with Crippen LogP contribution in [0.2, 0.25) is 0 Å². The molecule has 0 aromatic carbocycles. The highest BCUT2D eigenvalue weighted by molar-refractivity contribution is 7.80. The Morgan fingerprint density at radius 3 is 1.52 bits per heavy atom. The van der Waals surface area contributed by atoms with Crippen molar-refractivity contribution in [1.29, 1.82) is 0 Å². The van der Waals surface area contributed by atoms with Crippen molar-refractivity contribution in [3.8, 4) is 0 Å². The molecule has 12 nitrogen and oxygen atoms in total. The number of hydrogen-bond donors (Lipinski definition) is 4. The second kappa shape index (κ2) is 42.9. The third kappa shape index (κ3) is 35.7. The SMILES string of the molecule is CCCCC/C=C\C/C=C\CCCCCCCCCCOCC(COC1OC(CO)C(O)C(OS(=O)(=O)O)C1O)OC(=O)CCCCCCCCCCCCCCCCCCCCC. The van der Waals surface area contributed by atoms with Gasteiger partial charge in [0, 0.05) is 13.0 Å². The molecular formula is C51H96O12S. The Morgan fingerprint density at radius 1 is 0.594 bits per heavy atom. The van der Waals surface area contributed by atoms with E-state index in [-0.39, 0.29) is 19.6 Å². The van der Waals surface area contributed by atoms with E-state index in [1.807, 2.05) is 0 Å². The number of hydrogen-bond acceptors (Lipinski definition) is 11. The molecule has 1 aliphatic heterocycles. The van der Waals surface area contributed by atoms with Crippen LogP contribution in [0.3, 0.4) is 0 Å². The molecule has 0 bridgehead atoms. The Labute approximate surface area is 391 Å². The fourth-order valence-electron chi connectivity index (χ4n) is 8.12. The van der Waals surface area contributed by atoms with Gasteiger partial charge in [-0.1, -0.05) is 205 Å². The van der Waals surface area contributed by atoms with Crippen LogP contribution in [0, 0.1) is 0 Å². The Hall–Kier alpha value is -1.42. The third-order valence-electron chi connectivity index (χ3n) is 12.1. The van der Waals surface area contributed by atoms with Gasteiger partial charge in [0.1, 0.15) is 30.5 Å². The molecular weight excluding hydrogens is 837 g/mol. The van der Waals surface area contributed by atoms with Crippen molar-refractivity contribution in [2.45, 2.75) is 269 Å². The number of carbonyl (C=O) groups excluding carboxylic acids is 1. The first-order valence-corrected chi connectivity index (χ1v) is 27.5. The highest BCUT2D eigenvalue weighted by atomic mass is 32.3. The van der Waals surface area contributed by atoms with Gasteiger partial charge in [-0.15, -0.1) is 0 Å². The predicted molar refractivity (Wildman–Crippen MR) is 257 cm³/mol. The van der Waals surface area contributed by atoms with Gasteiger partial charge < -0.3 is 34.3 Å². The minimum Gasteiger partial charge on any atom is -0.457 e. The molecule has 0 radical (unpaired) electrons. The molecule has 4 N–H and O–H groups in total. The molecule has 64 heavy (non-hydrogen) atoms. The van der Waals surface area contributed by atoms with Crippen LogP contribution < -0.4 is 0 Å². The van der Waals surface area contributed by atoms with Crippen molar-refractivity contribution in [1.82, 2.24) is 0 Å². The molecule has 6 atom stereocenters. The second-order valence-corrected chi connectivity index (χ2v) is 19.2. The molecule has 0 aliphatic carbocycles. The van der Waals surface area contributed by atoms with Gasteiger partial charge in [0.05, 0.1) is 19.8 Å². The molecule has 378 valence electrons. The van der Waals surface area contributed by atoms with Gasteiger partial charge in [-0.25, -0.2) is 4.18 Å². The van der Waals surface area contributed by atoms with Crippen LogP contribution >= 0.6 is 0 Å². The summed E-state index contributed by atoms with van der Waals surface area (Å²) >= 11 is 0. The minimum atomic E-state index is -5.06. The lowest BCUT2D eigenvalue weighted by molar-refractivity contribution is -0.301. The van der Waals surface area contributed by atoms with Gasteiger partial charge in [0.15, 0.2) is 6.29 Å². The molecule has 1 fully saturated rings. The van der Waals surface area contributed by atoms with Gasteiger partial charge in [-0.05, 0) is 44.9 Å². The molecule has 1 heterocycles. The van der Waals surface area contributed by atoms with E-state index in [9.17, 15) is 33.1 Å². The zero-order valence-electron chi connectivity index (χ0n) is 40.6. The zero-order chi connectivity index (χ0) is 46.8. The predicted octanol–water partition coefficient (Wildman–Crippen LogP) is 12.0. The van der Waals surface area contributed by atoms with Crippen LogP contribution in [0.15, 0.2) is 24.3 Å². The largest absolute Gasteiger partial charge is 0.457 e. The van der Waals surface area contributed by atoms with E-state index in [0.717, 1.165) is 51.4 Å². The van der Waals surface area contributed by atoms with Gasteiger partial charge in [-0.3, -0.25) is 9.35 Å². The number of aliphatic hydroxyl groups is 3. The Balaban J connectivity index is 2.35. The van der Waals surface area contributed by atoms with Crippen molar-refractivity contribution in [2.75, 3.05) is 26.4 Å². The van der Waals surface area contributed by atoms with Crippen LogP contribution in [-0.4, -0.2) is 97.5 Å². The van der Waals surface area contributed by atoms with E-state index in [2.05, 4.69) is 42.3 Å². The normalized spacial score (nSPS) is 19.9. The van der Waals surface area contributed by atoms with Gasteiger partial charge >= 0.3 is 16.4 Å². The molecule has 0 aromatic rings. The lowest BCUT2D eigenvalue weighted by Gasteiger charge is -2.41. The molecule has 6 unspecified atom stereocenters. The second-order valence-electron chi connectivity index (χ2n) is 18.1. The Kier molecular flexibility index (Phi) is 40.6. The van der Waals surface area contributed by atoms with Crippen molar-refractivity contribution in [2.24, 2.45) is 0 Å². The number of aliphatic hydroxyl groups excluding tert-OH is 3. The third-order valence-corrected chi connectivity index (χ3v) is 12.5. The molecule has 0 amide bonds. The first kappa shape index (κ1) is 60.6. The van der Waals surface area contributed by atoms with E-state index >= 15 is 0 Å². The summed E-state index contributed by atoms with van der Waals surface area (Å²) in [5, 5.41) is 30.8. The number of allylic oxidation sites excluding steroid dienone is 4. The number of carbonyl (C=O) groups is 1. The van der Waals surface area contributed by atoms with Crippen LogP contribution in [0.4, 0.5) is 0 Å². The Morgan fingerprint density at radius 2 is 1.03 bits per heavy atom. The van der Waals surface area contributed by atoms with Crippen molar-refractivity contribution in [3.05, 3.63) is 24.3 Å². The van der Waals surface area contributed by atoms with Crippen molar-refractivity contribution < 1.29 is 56.2 Å². The van der Waals surface area contributed by atoms with Crippen molar-refractivity contribution in [3.63, 3.8) is 0 Å². The van der Waals surface area contributed by atoms with Gasteiger partial charge in [0.2, 0.25) is 0 Å². The maximum atomic E-state index is 12.9. The Bertz CT molecular complexity index is 1210. The fraction of sp³-hybridized carbons (Fsp3) is 0.902. The first-order chi connectivity index (χ1) is 31.1. The highest BCUT2D eigenvalue weighted by Crippen LogP contribution is 2.26. The topological polar surface area (TPSA) is 178 Å². The number of unbranched alkanes of at least 4 members (excludes halogenated alkanes) is 29. The van der Waals surface area contributed by atoms with Gasteiger partial charge in [-0.2, -0.15) is 8.42 Å². The van der Waals surface area contributed by atoms with Crippen molar-refractivity contribution >= 4 is 16.4 Å². The number of ether oxygens (including phenoxy) is 4. The molecule has 1 saturated heterocycles. The summed E-state index contributed by atoms with van der Waals surface area (Å²) in [7, 11) is -5.06. The average molecular weight is 933 g/mol. The van der Waals surface area contributed by atoms with E-state index in [1.165, 1.54) is 154 Å². The summed E-state index contributed by atoms with van der Waals surface area (Å²) in [5.41, 5.74) is 0. The first-order valence-electron chi connectivity index (χ1n) is 26.1. The summed E-state index contributed by atoms with van der Waals surface area (Å²) < 4.78 is 59.3. The maximum Gasteiger partial charge on any atom is 0.397 e. The van der Waals surface area contributed by atoms with E-state index in [1.54, 1.807) is 0 Å². The summed E-state index contributed by atoms with van der Waals surface area (Å²) in [4.78, 5) is 12.9. The van der Waals surface area contributed by atoms with Crippen LogP contribution in [-0.2, 0) is 38.3 Å². The van der Waals surface area contributed by atoms with E-state index in [0.29, 0.717) is 13.0 Å². The molecule has 0 spiro atoms. The van der Waals surface area contributed by atoms with E-state index in [4.69, 9.17) is 18.9 Å². The summed E-state index contributed by atoms with van der Waals surface area (Å²) in [6.45, 7) is 4.00. The zero-order valence-corrected chi connectivity index (χ0v) is 41.4. The molecule has 0 aromatic heterocycles. The summed E-state index contributed by atoms with van der Waals surface area (Å²) in [6, 6.07) is 0. The fourth-order valence-corrected chi connectivity index (χ4v) is 8.62. The average Bonchev–Trinajstić information content (AvgIpc) is 3.27. The lowest BCUT2D eigenvalue weighted by atomic mass is 9.99. The highest BCUT2D eigenvalue weighted by Gasteiger charge is 2.48. The smallest absolute Gasteiger partial charge is 0.397 e. The van der Waals surface area contributed by atoms with Crippen LogP contribution in [0.25, 0.3) is 0 Å². The number of rotatable bonds is 46. The molecule has 13 heteroatoms. The minimum absolute atomic E-state index is 0.0362. The summed E-state index contributed by atoms with van der Waals surface area (Å²) in [6.07, 6.45) is 40.6. The van der Waals surface area contributed by atoms with E-state index < -0.39 is 59.8 Å². The number of esters is 1.